The van der Waals surface area contributed by atoms with Crippen molar-refractivity contribution in [2.75, 3.05) is 6.61 Å². The van der Waals surface area contributed by atoms with Gasteiger partial charge < -0.3 is 15.0 Å². The maximum Gasteiger partial charge on any atom is 0.261 e. The molecule has 2 aromatic carbocycles. The standard InChI is InChI=1S/C22H25Cl2FN2O3/c1-4-14(2)26-22(29)15(3)27(12-18-19(23)6-5-7-20(18)24)21(28)13-30-17-10-8-16(25)9-11-17/h5-11,14-15H,4,12-13H2,1-3H3,(H,26,29)/t14-,15-/m0/s1. The first kappa shape index (κ1) is 24.0. The number of ether oxygens (including phenoxy) is 1. The van der Waals surface area contributed by atoms with Crippen molar-refractivity contribution in [2.45, 2.75) is 45.8 Å². The van der Waals surface area contributed by atoms with E-state index in [0.717, 1.165) is 6.42 Å². The van der Waals surface area contributed by atoms with E-state index in [1.54, 1.807) is 25.1 Å². The van der Waals surface area contributed by atoms with Crippen LogP contribution in [0.1, 0.15) is 32.8 Å². The summed E-state index contributed by atoms with van der Waals surface area (Å²) in [7, 11) is 0. The lowest BCUT2D eigenvalue weighted by Crippen LogP contribution is -2.50. The van der Waals surface area contributed by atoms with Crippen molar-refractivity contribution < 1.29 is 18.7 Å². The Kier molecular flexibility index (Phi) is 8.93. The zero-order valence-electron chi connectivity index (χ0n) is 17.1. The fraction of sp³-hybridized carbons (Fsp3) is 0.364. The highest BCUT2D eigenvalue weighted by molar-refractivity contribution is 6.36. The van der Waals surface area contributed by atoms with Gasteiger partial charge in [-0.05, 0) is 56.7 Å². The van der Waals surface area contributed by atoms with Crippen LogP contribution >= 0.6 is 23.2 Å². The number of hydrogen-bond acceptors (Lipinski definition) is 3. The average molecular weight is 455 g/mol. The lowest BCUT2D eigenvalue weighted by Gasteiger charge is -2.30. The summed E-state index contributed by atoms with van der Waals surface area (Å²) in [5.41, 5.74) is 0.541. The van der Waals surface area contributed by atoms with E-state index < -0.39 is 17.8 Å². The van der Waals surface area contributed by atoms with E-state index in [2.05, 4.69) is 5.32 Å². The predicted octanol–water partition coefficient (Wildman–Crippen LogP) is 4.84. The van der Waals surface area contributed by atoms with Crippen LogP contribution in [-0.2, 0) is 16.1 Å². The quantitative estimate of drug-likeness (QED) is 0.589. The van der Waals surface area contributed by atoms with Gasteiger partial charge in [0.2, 0.25) is 5.91 Å². The van der Waals surface area contributed by atoms with E-state index in [9.17, 15) is 14.0 Å². The van der Waals surface area contributed by atoms with Gasteiger partial charge in [-0.1, -0.05) is 36.2 Å². The van der Waals surface area contributed by atoms with Crippen molar-refractivity contribution in [3.05, 3.63) is 63.9 Å². The van der Waals surface area contributed by atoms with Crippen LogP contribution in [0.25, 0.3) is 0 Å². The number of carbonyl (C=O) groups excluding carboxylic acids is 2. The first-order chi connectivity index (χ1) is 14.2. The van der Waals surface area contributed by atoms with Gasteiger partial charge >= 0.3 is 0 Å². The second-order valence-electron chi connectivity index (χ2n) is 6.96. The molecule has 0 aliphatic carbocycles. The number of hydrogen-bond donors (Lipinski definition) is 1. The summed E-state index contributed by atoms with van der Waals surface area (Å²) < 4.78 is 18.5. The molecule has 0 fully saturated rings. The Morgan fingerprint density at radius 3 is 2.27 bits per heavy atom. The van der Waals surface area contributed by atoms with E-state index in [1.807, 2.05) is 13.8 Å². The van der Waals surface area contributed by atoms with Crippen molar-refractivity contribution in [3.8, 4) is 5.75 Å². The molecule has 2 amide bonds. The van der Waals surface area contributed by atoms with E-state index in [1.165, 1.54) is 29.2 Å². The van der Waals surface area contributed by atoms with E-state index >= 15 is 0 Å². The minimum Gasteiger partial charge on any atom is -0.484 e. The monoisotopic (exact) mass is 454 g/mol. The summed E-state index contributed by atoms with van der Waals surface area (Å²) in [4.78, 5) is 27.0. The van der Waals surface area contributed by atoms with Gasteiger partial charge in [0.15, 0.2) is 6.61 Å². The largest absolute Gasteiger partial charge is 0.484 e. The first-order valence-electron chi connectivity index (χ1n) is 9.64. The molecular weight excluding hydrogens is 430 g/mol. The molecule has 162 valence electrons. The molecule has 0 aliphatic heterocycles. The summed E-state index contributed by atoms with van der Waals surface area (Å²) >= 11 is 12.5. The number of benzene rings is 2. The summed E-state index contributed by atoms with van der Waals surface area (Å²) in [5, 5.41) is 3.67. The minimum atomic E-state index is -0.782. The third-order valence-corrected chi connectivity index (χ3v) is 5.44. The van der Waals surface area contributed by atoms with Gasteiger partial charge in [0.05, 0.1) is 0 Å². The Morgan fingerprint density at radius 2 is 1.70 bits per heavy atom. The van der Waals surface area contributed by atoms with Crippen LogP contribution in [0.5, 0.6) is 5.75 Å². The van der Waals surface area contributed by atoms with Crippen LogP contribution in [0.2, 0.25) is 10.0 Å². The van der Waals surface area contributed by atoms with E-state index in [-0.39, 0.29) is 25.1 Å². The average Bonchev–Trinajstić information content (AvgIpc) is 2.72. The molecule has 2 aromatic rings. The number of carbonyl (C=O) groups is 2. The van der Waals surface area contributed by atoms with Crippen molar-refractivity contribution >= 4 is 35.0 Å². The van der Waals surface area contributed by atoms with Crippen LogP contribution in [0.15, 0.2) is 42.5 Å². The Labute approximate surface area is 186 Å². The maximum atomic E-state index is 13.1. The lowest BCUT2D eigenvalue weighted by atomic mass is 10.1. The summed E-state index contributed by atoms with van der Waals surface area (Å²) in [6, 6.07) is 9.57. The highest BCUT2D eigenvalue weighted by Crippen LogP contribution is 2.26. The van der Waals surface area contributed by atoms with E-state index in [4.69, 9.17) is 27.9 Å². The molecule has 1 N–H and O–H groups in total. The minimum absolute atomic E-state index is 0.0312. The fourth-order valence-corrected chi connectivity index (χ4v) is 3.18. The van der Waals surface area contributed by atoms with Gasteiger partial charge in [0, 0.05) is 28.2 Å². The molecule has 0 radical (unpaired) electrons. The molecule has 8 heteroatoms. The van der Waals surface area contributed by atoms with Gasteiger partial charge in [-0.2, -0.15) is 0 Å². The molecule has 5 nitrogen and oxygen atoms in total. The molecule has 0 saturated heterocycles. The number of halogens is 3. The molecule has 0 aliphatic rings. The maximum absolute atomic E-state index is 13.1. The highest BCUT2D eigenvalue weighted by atomic mass is 35.5. The third kappa shape index (κ3) is 6.61. The SMILES string of the molecule is CC[C@H](C)NC(=O)[C@H](C)N(Cc1c(Cl)cccc1Cl)C(=O)COc1ccc(F)cc1. The van der Waals surface area contributed by atoms with Crippen molar-refractivity contribution in [3.63, 3.8) is 0 Å². The molecule has 30 heavy (non-hydrogen) atoms. The predicted molar refractivity (Wildman–Crippen MR) is 116 cm³/mol. The summed E-state index contributed by atoms with van der Waals surface area (Å²) in [6.07, 6.45) is 0.760. The van der Waals surface area contributed by atoms with Gasteiger partial charge in [0.25, 0.3) is 5.91 Å². The smallest absolute Gasteiger partial charge is 0.261 e. The molecule has 2 atom stereocenters. The molecule has 0 saturated carbocycles. The van der Waals surface area contributed by atoms with Crippen LogP contribution in [0.3, 0.4) is 0 Å². The molecule has 2 rings (SSSR count). The van der Waals surface area contributed by atoms with Crippen molar-refractivity contribution in [1.82, 2.24) is 10.2 Å². The second-order valence-corrected chi connectivity index (χ2v) is 7.77. The lowest BCUT2D eigenvalue weighted by molar-refractivity contribution is -0.142. The zero-order valence-corrected chi connectivity index (χ0v) is 18.6. The fourth-order valence-electron chi connectivity index (χ4n) is 2.66. The Hall–Kier alpha value is -2.31. The number of rotatable bonds is 9. The first-order valence-corrected chi connectivity index (χ1v) is 10.4. The highest BCUT2D eigenvalue weighted by Gasteiger charge is 2.28. The Balaban J connectivity index is 2.21. The Bertz CT molecular complexity index is 857. The number of amides is 2. The zero-order chi connectivity index (χ0) is 22.3. The summed E-state index contributed by atoms with van der Waals surface area (Å²) in [6.45, 7) is 5.20. The van der Waals surface area contributed by atoms with Crippen molar-refractivity contribution in [2.24, 2.45) is 0 Å². The van der Waals surface area contributed by atoms with Gasteiger partial charge in [-0.25, -0.2) is 4.39 Å². The summed E-state index contributed by atoms with van der Waals surface area (Å²) in [5.74, 6) is -0.777. The topological polar surface area (TPSA) is 58.6 Å². The molecule has 0 aromatic heterocycles. The normalized spacial score (nSPS) is 12.7. The molecule has 0 unspecified atom stereocenters. The Morgan fingerprint density at radius 1 is 1.10 bits per heavy atom. The molecular formula is C22H25Cl2FN2O3. The van der Waals surface area contributed by atoms with Gasteiger partial charge in [-0.15, -0.1) is 0 Å². The number of nitrogens with zero attached hydrogens (tertiary/aromatic N) is 1. The van der Waals surface area contributed by atoms with Crippen LogP contribution in [-0.4, -0.2) is 35.4 Å². The molecule has 0 bridgehead atoms. The van der Waals surface area contributed by atoms with Gasteiger partial charge in [0.1, 0.15) is 17.6 Å². The van der Waals surface area contributed by atoms with Crippen LogP contribution in [0, 0.1) is 5.82 Å². The van der Waals surface area contributed by atoms with Crippen molar-refractivity contribution in [1.29, 1.82) is 0 Å². The molecule has 0 spiro atoms. The van der Waals surface area contributed by atoms with Gasteiger partial charge in [-0.3, -0.25) is 9.59 Å². The van der Waals surface area contributed by atoms with Crippen LogP contribution < -0.4 is 10.1 Å². The third-order valence-electron chi connectivity index (χ3n) is 4.73. The molecule has 0 heterocycles. The second kappa shape index (κ2) is 11.2. The number of nitrogens with one attached hydrogen (secondary N) is 1. The van der Waals surface area contributed by atoms with E-state index in [0.29, 0.717) is 21.4 Å². The van der Waals surface area contributed by atoms with Crippen LogP contribution in [0.4, 0.5) is 4.39 Å².